The molecule has 2 aromatic heterocycles. The van der Waals surface area contributed by atoms with Crippen LogP contribution in [0.25, 0.3) is 21.7 Å². The molecule has 2 aliphatic heterocycles. The minimum atomic E-state index is -4.94. The van der Waals surface area contributed by atoms with Crippen molar-refractivity contribution in [2.45, 2.75) is 44.3 Å². The van der Waals surface area contributed by atoms with Crippen LogP contribution in [0.4, 0.5) is 19.2 Å². The molecule has 4 heterocycles. The van der Waals surface area contributed by atoms with E-state index in [2.05, 4.69) is 20.0 Å². The fourth-order valence-electron chi connectivity index (χ4n) is 4.21. The third-order valence-electron chi connectivity index (χ3n) is 5.46. The molecule has 0 radical (unpaired) electrons. The molecule has 1 aromatic carbocycles. The van der Waals surface area contributed by atoms with Crippen molar-refractivity contribution in [3.8, 4) is 16.3 Å². The summed E-state index contributed by atoms with van der Waals surface area (Å²) in [6.07, 6.45) is -2.47. The summed E-state index contributed by atoms with van der Waals surface area (Å²) in [4.78, 5) is 10.6. The zero-order valence-electron chi connectivity index (χ0n) is 15.9. The van der Waals surface area contributed by atoms with Gasteiger partial charge >= 0.3 is 6.36 Å². The number of anilines is 1. The Labute approximate surface area is 173 Å². The second-order valence-corrected chi connectivity index (χ2v) is 8.52. The molecule has 2 aliphatic rings. The van der Waals surface area contributed by atoms with Crippen molar-refractivity contribution in [2.24, 2.45) is 0 Å². The highest BCUT2D eigenvalue weighted by atomic mass is 32.1. The van der Waals surface area contributed by atoms with Gasteiger partial charge in [-0.1, -0.05) is 0 Å². The molecule has 2 N–H and O–H groups in total. The first kappa shape index (κ1) is 19.6. The number of oxazole rings is 1. The van der Waals surface area contributed by atoms with E-state index in [1.165, 1.54) is 24.3 Å². The van der Waals surface area contributed by atoms with E-state index >= 15 is 0 Å². The topological polar surface area (TPSA) is 83.7 Å². The van der Waals surface area contributed by atoms with Crippen LogP contribution in [0.15, 0.2) is 22.1 Å². The molecule has 0 amide bonds. The van der Waals surface area contributed by atoms with Gasteiger partial charge in [0.1, 0.15) is 5.01 Å². The lowest BCUT2D eigenvalue weighted by atomic mass is 10.0. The molecule has 160 valence electrons. The Morgan fingerprint density at radius 2 is 2.07 bits per heavy atom. The predicted octanol–water partition coefficient (Wildman–Crippen LogP) is 3.84. The highest BCUT2D eigenvalue weighted by molar-refractivity contribution is 7.13. The third kappa shape index (κ3) is 3.50. The second kappa shape index (κ2) is 7.10. The molecule has 3 aromatic rings. The third-order valence-corrected chi connectivity index (χ3v) is 6.26. The molecule has 7 nitrogen and oxygen atoms in total. The molecule has 30 heavy (non-hydrogen) atoms. The van der Waals surface area contributed by atoms with Crippen molar-refractivity contribution in [2.75, 3.05) is 18.0 Å². The Morgan fingerprint density at radius 1 is 1.33 bits per heavy atom. The van der Waals surface area contributed by atoms with E-state index in [4.69, 9.17) is 4.42 Å². The first-order valence-electron chi connectivity index (χ1n) is 9.60. The smallest absolute Gasteiger partial charge is 0.422 e. The largest absolute Gasteiger partial charge is 0.573 e. The summed E-state index contributed by atoms with van der Waals surface area (Å²) in [5.74, 6) is -0.541. The number of aliphatic hydroxyl groups excluding tert-OH is 1. The van der Waals surface area contributed by atoms with Gasteiger partial charge in [0.05, 0.1) is 11.7 Å². The Kier molecular flexibility index (Phi) is 4.64. The van der Waals surface area contributed by atoms with E-state index < -0.39 is 18.2 Å². The van der Waals surface area contributed by atoms with Gasteiger partial charge in [-0.3, -0.25) is 0 Å². The minimum Gasteiger partial charge on any atom is -0.422 e. The van der Waals surface area contributed by atoms with Gasteiger partial charge in [-0.15, -0.1) is 24.5 Å². The van der Waals surface area contributed by atoms with Gasteiger partial charge in [-0.25, -0.2) is 4.98 Å². The lowest BCUT2D eigenvalue weighted by Crippen LogP contribution is -2.51. The number of piperazine rings is 1. The van der Waals surface area contributed by atoms with Crippen molar-refractivity contribution in [3.63, 3.8) is 0 Å². The molecule has 3 atom stereocenters. The average Bonchev–Trinajstić information content (AvgIpc) is 3.40. The highest BCUT2D eigenvalue weighted by Gasteiger charge is 2.37. The van der Waals surface area contributed by atoms with Crippen LogP contribution < -0.4 is 15.0 Å². The number of rotatable bonds is 4. The van der Waals surface area contributed by atoms with Crippen LogP contribution in [-0.2, 0) is 0 Å². The quantitative estimate of drug-likeness (QED) is 0.638. The van der Waals surface area contributed by atoms with Crippen LogP contribution in [0.5, 0.6) is 5.75 Å². The van der Waals surface area contributed by atoms with Gasteiger partial charge in [0, 0.05) is 42.3 Å². The Morgan fingerprint density at radius 3 is 2.67 bits per heavy atom. The van der Waals surface area contributed by atoms with Crippen LogP contribution in [0.3, 0.4) is 0 Å². The summed E-state index contributed by atoms with van der Waals surface area (Å²) in [5.41, 5.74) is 0.541. The second-order valence-electron chi connectivity index (χ2n) is 7.62. The molecular formula is C19H19F3N4O3S. The molecule has 5 rings (SSSR count). The van der Waals surface area contributed by atoms with Crippen LogP contribution in [0.2, 0.25) is 0 Å². The summed E-state index contributed by atoms with van der Waals surface area (Å²) in [7, 11) is 0. The summed E-state index contributed by atoms with van der Waals surface area (Å²) in [6.45, 7) is 2.70. The number of nitrogens with zero attached hydrogens (tertiary/aromatic N) is 3. The van der Waals surface area contributed by atoms with Gasteiger partial charge in [0.25, 0.3) is 6.01 Å². The van der Waals surface area contributed by atoms with E-state index in [0.29, 0.717) is 35.7 Å². The van der Waals surface area contributed by atoms with Crippen molar-refractivity contribution < 1.29 is 27.4 Å². The number of aliphatic hydroxyl groups is 1. The minimum absolute atomic E-state index is 0.0229. The fourth-order valence-corrected chi connectivity index (χ4v) is 4.86. The SMILES string of the molecule is CC(O)c1cc(-c2nccs2)c2oc(N3CC4CCC(C3)N4)nc2c1OC(F)(F)F. The number of hydrogen-bond donors (Lipinski definition) is 2. The highest BCUT2D eigenvalue weighted by Crippen LogP contribution is 2.44. The standard InChI is InChI=1S/C19H19F3N4O3S/c1-9(27)12-6-13(17-23-4-5-30-17)15-14(16(12)29-19(20,21)22)25-18(28-15)26-7-10-2-3-11(8-26)24-10/h4-6,9-11,24,27H,2-3,7-8H2,1H3. The fraction of sp³-hybridized carbons (Fsp3) is 0.474. The molecule has 0 saturated carbocycles. The maximum absolute atomic E-state index is 13.2. The van der Waals surface area contributed by atoms with E-state index in [1.54, 1.807) is 11.6 Å². The number of hydrogen-bond acceptors (Lipinski definition) is 8. The first-order valence-corrected chi connectivity index (χ1v) is 10.5. The van der Waals surface area contributed by atoms with Crippen LogP contribution in [0.1, 0.15) is 31.4 Å². The molecule has 3 unspecified atom stereocenters. The molecule has 2 saturated heterocycles. The van der Waals surface area contributed by atoms with Crippen molar-refractivity contribution in [3.05, 3.63) is 23.2 Å². The molecule has 11 heteroatoms. The Bertz CT molecular complexity index is 1060. The van der Waals surface area contributed by atoms with Crippen molar-refractivity contribution in [1.82, 2.24) is 15.3 Å². The van der Waals surface area contributed by atoms with Gasteiger partial charge in [-0.2, -0.15) is 4.98 Å². The summed E-state index contributed by atoms with van der Waals surface area (Å²) in [5, 5.41) is 16.0. The van der Waals surface area contributed by atoms with Crippen molar-refractivity contribution >= 4 is 28.5 Å². The Hall–Kier alpha value is -2.37. The maximum atomic E-state index is 13.2. The molecule has 0 aliphatic carbocycles. The molecule has 0 spiro atoms. The number of alkyl halides is 3. The van der Waals surface area contributed by atoms with Crippen molar-refractivity contribution in [1.29, 1.82) is 0 Å². The number of aromatic nitrogens is 2. The van der Waals surface area contributed by atoms with Gasteiger partial charge in [-0.05, 0) is 25.8 Å². The summed E-state index contributed by atoms with van der Waals surface area (Å²) >= 11 is 1.32. The number of fused-ring (bicyclic) bond motifs is 3. The number of ether oxygens (including phenoxy) is 1. The molecule has 2 bridgehead atoms. The zero-order chi connectivity index (χ0) is 21.0. The maximum Gasteiger partial charge on any atom is 0.573 e. The predicted molar refractivity (Wildman–Crippen MR) is 105 cm³/mol. The van der Waals surface area contributed by atoms with Crippen LogP contribution >= 0.6 is 11.3 Å². The van der Waals surface area contributed by atoms with Gasteiger partial charge in [0.2, 0.25) is 0 Å². The number of thiazole rings is 1. The lowest BCUT2D eigenvalue weighted by molar-refractivity contribution is -0.274. The summed E-state index contributed by atoms with van der Waals surface area (Å²) < 4.78 is 49.8. The first-order chi connectivity index (χ1) is 14.3. The van der Waals surface area contributed by atoms with E-state index in [-0.39, 0.29) is 22.7 Å². The normalized spacial score (nSPS) is 22.6. The van der Waals surface area contributed by atoms with E-state index in [0.717, 1.165) is 12.8 Å². The van der Waals surface area contributed by atoms with Gasteiger partial charge in [0.15, 0.2) is 16.8 Å². The van der Waals surface area contributed by atoms with Crippen LogP contribution in [0, 0.1) is 0 Å². The zero-order valence-corrected chi connectivity index (χ0v) is 16.8. The van der Waals surface area contributed by atoms with E-state index in [1.807, 2.05) is 4.90 Å². The van der Waals surface area contributed by atoms with Crippen LogP contribution in [-0.4, -0.2) is 46.6 Å². The molecular weight excluding hydrogens is 421 g/mol. The lowest BCUT2D eigenvalue weighted by Gasteiger charge is -2.31. The monoisotopic (exact) mass is 440 g/mol. The number of halogens is 3. The Balaban J connectivity index is 1.70. The van der Waals surface area contributed by atoms with E-state index in [9.17, 15) is 18.3 Å². The molecule has 2 fully saturated rings. The number of nitrogens with one attached hydrogen (secondary N) is 1. The number of benzene rings is 1. The summed E-state index contributed by atoms with van der Waals surface area (Å²) in [6, 6.07) is 2.28. The van der Waals surface area contributed by atoms with Gasteiger partial charge < -0.3 is 24.5 Å². The average molecular weight is 440 g/mol.